The van der Waals surface area contributed by atoms with Crippen molar-refractivity contribution in [2.45, 2.75) is 4.85 Å². The minimum atomic E-state index is -0.580. The van der Waals surface area contributed by atoms with Crippen LogP contribution in [0.2, 0.25) is 0 Å². The maximum atomic E-state index is 9.77. The van der Waals surface area contributed by atoms with E-state index in [1.807, 2.05) is 36.4 Å². The normalized spacial score (nSPS) is 12.1. The third-order valence-corrected chi connectivity index (χ3v) is 6.75. The van der Waals surface area contributed by atoms with E-state index in [0.717, 1.165) is 16.7 Å². The van der Waals surface area contributed by atoms with Gasteiger partial charge in [0.15, 0.2) is 0 Å². The number of halogens is 3. The van der Waals surface area contributed by atoms with E-state index in [0.29, 0.717) is 0 Å². The highest BCUT2D eigenvalue weighted by Crippen LogP contribution is 2.59. The summed E-state index contributed by atoms with van der Waals surface area (Å²) in [6, 6.07) is 21.6. The van der Waals surface area contributed by atoms with E-state index in [1.54, 1.807) is 36.4 Å². The molecule has 0 fully saturated rings. The van der Waals surface area contributed by atoms with Crippen molar-refractivity contribution in [1.82, 2.24) is 0 Å². The molecule has 6 heteroatoms. The molecule has 0 aliphatic rings. The Labute approximate surface area is 192 Å². The summed E-state index contributed by atoms with van der Waals surface area (Å²) in [4.78, 5) is 0. The number of phenols is 3. The van der Waals surface area contributed by atoms with Crippen molar-refractivity contribution in [2.75, 3.05) is 0 Å². The number of aromatic hydroxyl groups is 3. The lowest BCUT2D eigenvalue weighted by atomic mass is 9.71. The molecule has 0 amide bonds. The molecule has 3 N–H and O–H groups in total. The van der Waals surface area contributed by atoms with Crippen LogP contribution in [0.3, 0.4) is 0 Å². The Morgan fingerprint density at radius 2 is 0.692 bits per heavy atom. The van der Waals surface area contributed by atoms with E-state index in [4.69, 9.17) is 0 Å². The summed E-state index contributed by atoms with van der Waals surface area (Å²) < 4.78 is -0.328. The van der Waals surface area contributed by atoms with E-state index in [9.17, 15) is 15.3 Å². The first-order chi connectivity index (χ1) is 12.2. The van der Waals surface area contributed by atoms with Gasteiger partial charge in [-0.3, -0.25) is 0 Å². The summed E-state index contributed by atoms with van der Waals surface area (Å²) in [6.07, 6.45) is 0. The molecule has 3 nitrogen and oxygen atoms in total. The zero-order valence-corrected chi connectivity index (χ0v) is 19.9. The fraction of sp³-hybridized carbons (Fsp3) is 0.100. The molecule has 0 unspecified atom stereocenters. The predicted molar refractivity (Wildman–Crippen MR) is 129 cm³/mol. The van der Waals surface area contributed by atoms with Crippen LogP contribution in [0.1, 0.15) is 16.7 Å². The lowest BCUT2D eigenvalue weighted by Gasteiger charge is -2.42. The molecule has 0 radical (unpaired) electrons. The largest absolute Gasteiger partial charge is 0.508 e. The number of phenolic OH excluding ortho intramolecular Hbond substituents is 3. The molecule has 0 aliphatic heterocycles. The van der Waals surface area contributed by atoms with E-state index in [2.05, 4.69) is 67.8 Å². The zero-order chi connectivity index (χ0) is 18.9. The molecule has 134 valence electrons. The maximum absolute atomic E-state index is 9.77. The Morgan fingerprint density at radius 1 is 0.462 bits per heavy atom. The second-order valence-electron chi connectivity index (χ2n) is 5.89. The van der Waals surface area contributed by atoms with Gasteiger partial charge in [-0.2, -0.15) is 0 Å². The van der Waals surface area contributed by atoms with E-state index in [-0.39, 0.29) is 16.7 Å². The van der Waals surface area contributed by atoms with Crippen molar-refractivity contribution in [2.24, 2.45) is 0 Å². The zero-order valence-electron chi connectivity index (χ0n) is 13.4. The highest BCUT2D eigenvalue weighted by atomic mass is 127. The molecule has 0 heterocycles. The van der Waals surface area contributed by atoms with E-state index >= 15 is 0 Å². The van der Waals surface area contributed by atoms with Crippen LogP contribution in [-0.2, 0) is 5.41 Å². The lowest BCUT2D eigenvalue weighted by Crippen LogP contribution is -2.41. The Kier molecular flexibility index (Phi) is 5.92. The van der Waals surface area contributed by atoms with Gasteiger partial charge in [-0.15, -0.1) is 0 Å². The molecule has 26 heavy (non-hydrogen) atoms. The topological polar surface area (TPSA) is 60.7 Å². The van der Waals surface area contributed by atoms with Crippen molar-refractivity contribution in [3.63, 3.8) is 0 Å². The number of alkyl halides is 3. The van der Waals surface area contributed by atoms with Gasteiger partial charge in [0.25, 0.3) is 0 Å². The van der Waals surface area contributed by atoms with Crippen molar-refractivity contribution in [3.8, 4) is 17.2 Å². The molecule has 0 atom stereocenters. The minimum absolute atomic E-state index is 0.208. The highest BCUT2D eigenvalue weighted by molar-refractivity contribution is 14.3. The highest BCUT2D eigenvalue weighted by Gasteiger charge is 2.50. The van der Waals surface area contributed by atoms with Crippen molar-refractivity contribution in [3.05, 3.63) is 89.5 Å². The quantitative estimate of drug-likeness (QED) is 0.177. The van der Waals surface area contributed by atoms with Crippen molar-refractivity contribution in [1.29, 1.82) is 0 Å². The number of hydrogen-bond donors (Lipinski definition) is 3. The Hall–Kier alpha value is -0.750. The fourth-order valence-corrected chi connectivity index (χ4v) is 5.93. The second kappa shape index (κ2) is 7.70. The van der Waals surface area contributed by atoms with Crippen LogP contribution in [-0.4, -0.2) is 14.8 Å². The Balaban J connectivity index is 2.40. The van der Waals surface area contributed by atoms with Crippen LogP contribution in [0.15, 0.2) is 72.8 Å². The molecule has 0 spiro atoms. The molecule has 0 aromatic heterocycles. The molecule has 3 aromatic carbocycles. The summed E-state index contributed by atoms with van der Waals surface area (Å²) in [6.45, 7) is 0. The summed E-state index contributed by atoms with van der Waals surface area (Å²) in [5.41, 5.74) is 2.43. The smallest absolute Gasteiger partial charge is 0.142 e. The molecule has 0 aliphatic carbocycles. The van der Waals surface area contributed by atoms with Gasteiger partial charge in [0.05, 0.1) is 5.41 Å². The average Bonchev–Trinajstić information content (AvgIpc) is 2.59. The molecular weight excluding hydrogens is 669 g/mol. The van der Waals surface area contributed by atoms with Gasteiger partial charge in [-0.25, -0.2) is 0 Å². The third kappa shape index (κ3) is 3.64. The Bertz CT molecular complexity index is 773. The van der Waals surface area contributed by atoms with E-state index < -0.39 is 5.41 Å². The third-order valence-electron chi connectivity index (χ3n) is 4.33. The first kappa shape index (κ1) is 20.0. The number of hydrogen-bond acceptors (Lipinski definition) is 3. The van der Waals surface area contributed by atoms with E-state index in [1.165, 1.54) is 0 Å². The van der Waals surface area contributed by atoms with Gasteiger partial charge < -0.3 is 15.3 Å². The van der Waals surface area contributed by atoms with Crippen LogP contribution in [0, 0.1) is 0 Å². The van der Waals surface area contributed by atoms with Gasteiger partial charge >= 0.3 is 0 Å². The molecule has 0 saturated carbocycles. The number of benzene rings is 3. The standard InChI is InChI=1S/C20H15I3O3/c21-20(22,23)19(13-1-7-16(24)8-2-13,14-3-9-17(25)10-4-14)15-5-11-18(26)12-6-15/h1-12,24-26H. The summed E-state index contributed by atoms with van der Waals surface area (Å²) in [5, 5.41) is 29.3. The van der Waals surface area contributed by atoms with Crippen LogP contribution in [0.5, 0.6) is 17.2 Å². The SMILES string of the molecule is Oc1ccc(C(c2ccc(O)cc2)(c2ccc(O)cc2)C(I)(I)I)cc1. The van der Waals surface area contributed by atoms with Crippen molar-refractivity contribution < 1.29 is 15.3 Å². The van der Waals surface area contributed by atoms with Gasteiger partial charge in [-0.1, -0.05) is 104 Å². The molecule has 3 aromatic rings. The number of rotatable bonds is 4. The van der Waals surface area contributed by atoms with Crippen LogP contribution in [0.25, 0.3) is 0 Å². The molecule has 0 saturated heterocycles. The average molecular weight is 684 g/mol. The minimum Gasteiger partial charge on any atom is -0.508 e. The fourth-order valence-electron chi connectivity index (χ4n) is 3.13. The van der Waals surface area contributed by atoms with Gasteiger partial charge in [0, 0.05) is 0 Å². The van der Waals surface area contributed by atoms with Crippen molar-refractivity contribution >= 4 is 67.8 Å². The molecule has 0 bridgehead atoms. The van der Waals surface area contributed by atoms with Gasteiger partial charge in [0.2, 0.25) is 0 Å². The predicted octanol–water partition coefficient (Wildman–Crippen LogP) is 6.10. The summed E-state index contributed by atoms with van der Waals surface area (Å²) in [7, 11) is 0. The second-order valence-corrected chi connectivity index (χ2v) is 16.9. The van der Waals surface area contributed by atoms with Crippen LogP contribution >= 0.6 is 67.8 Å². The lowest BCUT2D eigenvalue weighted by molar-refractivity contribution is 0.474. The molecular formula is C20H15I3O3. The monoisotopic (exact) mass is 684 g/mol. The summed E-state index contributed by atoms with van der Waals surface area (Å²) in [5.74, 6) is 0.625. The maximum Gasteiger partial charge on any atom is 0.142 e. The Morgan fingerprint density at radius 3 is 0.885 bits per heavy atom. The van der Waals surface area contributed by atoms with Crippen LogP contribution < -0.4 is 0 Å². The first-order valence-electron chi connectivity index (χ1n) is 7.70. The molecule has 3 rings (SSSR count). The van der Waals surface area contributed by atoms with Gasteiger partial charge in [-0.05, 0) is 53.1 Å². The van der Waals surface area contributed by atoms with Crippen LogP contribution in [0.4, 0.5) is 0 Å². The first-order valence-corrected chi connectivity index (χ1v) is 10.9. The summed E-state index contributed by atoms with van der Waals surface area (Å²) >= 11 is 7.24. The van der Waals surface area contributed by atoms with Gasteiger partial charge in [0.1, 0.15) is 16.7 Å².